The molecule has 0 saturated carbocycles. The summed E-state index contributed by atoms with van der Waals surface area (Å²) in [5.74, 6) is 1.24. The fourth-order valence-corrected chi connectivity index (χ4v) is 3.62. The molecule has 0 atom stereocenters. The molecule has 2 aromatic carbocycles. The molecule has 0 aliphatic rings. The quantitative estimate of drug-likeness (QED) is 0.282. The van der Waals surface area contributed by atoms with E-state index in [-0.39, 0.29) is 0 Å². The van der Waals surface area contributed by atoms with Crippen LogP contribution in [0.1, 0.15) is 23.9 Å². The molecule has 3 aromatic rings. The third-order valence-corrected chi connectivity index (χ3v) is 5.67. The zero-order chi connectivity index (χ0) is 21.0. The van der Waals surface area contributed by atoms with Crippen LogP contribution in [0.3, 0.4) is 0 Å². The van der Waals surface area contributed by atoms with Crippen molar-refractivity contribution in [2.45, 2.75) is 20.3 Å². The van der Waals surface area contributed by atoms with Crippen molar-refractivity contribution < 1.29 is 4.74 Å². The number of halogens is 3. The van der Waals surface area contributed by atoms with Crippen LogP contribution in [0.2, 0.25) is 15.1 Å². The van der Waals surface area contributed by atoms with Gasteiger partial charge in [0.25, 0.3) is 5.19 Å². The van der Waals surface area contributed by atoms with Crippen LogP contribution in [0.5, 0.6) is 10.9 Å². The Bertz CT molecular complexity index is 1040. The van der Waals surface area contributed by atoms with Gasteiger partial charge in [0.15, 0.2) is 5.82 Å². The highest BCUT2D eigenvalue weighted by Gasteiger charge is 2.12. The molecular weight excluding hydrogens is 451 g/mol. The van der Waals surface area contributed by atoms with E-state index in [0.29, 0.717) is 43.9 Å². The largest absolute Gasteiger partial charge is 0.430 e. The van der Waals surface area contributed by atoms with Gasteiger partial charge in [0.05, 0.1) is 17.0 Å². The SMILES string of the molecule is CCN(C)/C=N\c1cc(C)c(Oc2nc(Cc3ccc(Cl)cc3Cl)ns2)cc1Cl. The van der Waals surface area contributed by atoms with Crippen molar-refractivity contribution in [2.24, 2.45) is 4.99 Å². The molecule has 0 bridgehead atoms. The molecule has 5 nitrogen and oxygen atoms in total. The smallest absolute Gasteiger partial charge is 0.298 e. The molecule has 3 rings (SSSR count). The average molecular weight is 470 g/mol. The highest BCUT2D eigenvalue weighted by molar-refractivity contribution is 7.07. The first-order valence-corrected chi connectivity index (χ1v) is 10.8. The van der Waals surface area contributed by atoms with Gasteiger partial charge < -0.3 is 9.64 Å². The highest BCUT2D eigenvalue weighted by Crippen LogP contribution is 2.35. The van der Waals surface area contributed by atoms with E-state index in [9.17, 15) is 0 Å². The Hall–Kier alpha value is -1.86. The summed E-state index contributed by atoms with van der Waals surface area (Å²) in [5.41, 5.74) is 2.49. The Morgan fingerprint density at radius 1 is 1.17 bits per heavy atom. The lowest BCUT2D eigenvalue weighted by molar-refractivity contribution is 0.474. The highest BCUT2D eigenvalue weighted by atomic mass is 35.5. The van der Waals surface area contributed by atoms with Crippen molar-refractivity contribution in [1.29, 1.82) is 0 Å². The van der Waals surface area contributed by atoms with Crippen molar-refractivity contribution >= 4 is 58.4 Å². The lowest BCUT2D eigenvalue weighted by atomic mass is 10.1. The van der Waals surface area contributed by atoms with Crippen molar-refractivity contribution in [1.82, 2.24) is 14.3 Å². The summed E-state index contributed by atoms with van der Waals surface area (Å²) in [5, 5.41) is 2.12. The molecule has 0 aliphatic heterocycles. The zero-order valence-electron chi connectivity index (χ0n) is 16.1. The number of nitrogens with zero attached hydrogens (tertiary/aromatic N) is 4. The maximum Gasteiger partial charge on any atom is 0.298 e. The molecule has 0 saturated heterocycles. The third kappa shape index (κ3) is 5.82. The summed E-state index contributed by atoms with van der Waals surface area (Å²) in [6.07, 6.45) is 2.24. The van der Waals surface area contributed by atoms with Crippen LogP contribution in [0.4, 0.5) is 5.69 Å². The number of aromatic nitrogens is 2. The topological polar surface area (TPSA) is 50.6 Å². The van der Waals surface area contributed by atoms with Crippen LogP contribution in [-0.2, 0) is 6.42 Å². The second-order valence-electron chi connectivity index (χ2n) is 6.38. The molecule has 0 spiro atoms. The van der Waals surface area contributed by atoms with E-state index in [1.165, 1.54) is 11.5 Å². The molecule has 0 N–H and O–H groups in total. The van der Waals surface area contributed by atoms with Gasteiger partial charge >= 0.3 is 0 Å². The maximum atomic E-state index is 6.37. The van der Waals surface area contributed by atoms with Crippen molar-refractivity contribution in [3.05, 3.63) is 62.4 Å². The minimum atomic E-state index is 0.436. The second-order valence-corrected chi connectivity index (χ2v) is 8.34. The molecular formula is C20H19Cl3N4OS. The Labute approximate surface area is 189 Å². The van der Waals surface area contributed by atoms with Gasteiger partial charge in [-0.05, 0) is 43.2 Å². The van der Waals surface area contributed by atoms with Crippen LogP contribution >= 0.6 is 46.3 Å². The third-order valence-electron chi connectivity index (χ3n) is 4.15. The van der Waals surface area contributed by atoms with Gasteiger partial charge in [0, 0.05) is 47.7 Å². The van der Waals surface area contributed by atoms with Gasteiger partial charge in [-0.2, -0.15) is 9.36 Å². The van der Waals surface area contributed by atoms with Crippen LogP contribution in [0, 0.1) is 6.92 Å². The van der Waals surface area contributed by atoms with Crippen molar-refractivity contribution in [2.75, 3.05) is 13.6 Å². The van der Waals surface area contributed by atoms with Crippen LogP contribution < -0.4 is 4.74 Å². The first kappa shape index (κ1) is 21.8. The Kier molecular flexibility index (Phi) is 7.35. The van der Waals surface area contributed by atoms with Gasteiger partial charge in [0.1, 0.15) is 5.75 Å². The summed E-state index contributed by atoms with van der Waals surface area (Å²) in [7, 11) is 1.95. The Morgan fingerprint density at radius 3 is 2.69 bits per heavy atom. The first-order valence-electron chi connectivity index (χ1n) is 8.84. The van der Waals surface area contributed by atoms with Gasteiger partial charge in [0.2, 0.25) is 0 Å². The van der Waals surface area contributed by atoms with Gasteiger partial charge in [-0.15, -0.1) is 0 Å². The molecule has 0 fully saturated rings. The lowest BCUT2D eigenvalue weighted by Gasteiger charge is -2.10. The number of hydrogen-bond acceptors (Lipinski definition) is 5. The minimum Gasteiger partial charge on any atom is -0.430 e. The predicted molar refractivity (Wildman–Crippen MR) is 122 cm³/mol. The standard InChI is InChI=1S/C20H19Cl3N4OS/c1-4-27(3)11-24-17-7-12(2)18(10-16(17)23)28-20-25-19(26-29-20)8-13-5-6-14(21)9-15(13)22/h5-7,9-11H,4,8H2,1-3H3/b24-11-. The fourth-order valence-electron chi connectivity index (χ4n) is 2.38. The Morgan fingerprint density at radius 2 is 1.97 bits per heavy atom. The van der Waals surface area contributed by atoms with Crippen molar-refractivity contribution in [3.63, 3.8) is 0 Å². The summed E-state index contributed by atoms with van der Waals surface area (Å²) in [6.45, 7) is 4.85. The molecule has 0 radical (unpaired) electrons. The average Bonchev–Trinajstić information content (AvgIpc) is 3.12. The molecule has 0 amide bonds. The minimum absolute atomic E-state index is 0.436. The summed E-state index contributed by atoms with van der Waals surface area (Å²) < 4.78 is 10.3. The van der Waals surface area contributed by atoms with E-state index in [1.54, 1.807) is 24.5 Å². The molecule has 152 valence electrons. The molecule has 29 heavy (non-hydrogen) atoms. The van der Waals surface area contributed by atoms with Crippen LogP contribution in [-0.4, -0.2) is 34.2 Å². The molecule has 1 aromatic heterocycles. The number of aryl methyl sites for hydroxylation is 1. The molecule has 1 heterocycles. The van der Waals surface area contributed by atoms with Crippen LogP contribution in [0.15, 0.2) is 35.3 Å². The van der Waals surface area contributed by atoms with Gasteiger partial charge in [-0.25, -0.2) is 4.99 Å². The molecule has 9 heteroatoms. The van der Waals surface area contributed by atoms with Crippen LogP contribution in [0.25, 0.3) is 0 Å². The van der Waals surface area contributed by atoms with E-state index >= 15 is 0 Å². The molecule has 0 aliphatic carbocycles. The number of hydrogen-bond donors (Lipinski definition) is 0. The molecule has 0 unspecified atom stereocenters. The zero-order valence-corrected chi connectivity index (χ0v) is 19.2. The van der Waals surface area contributed by atoms with E-state index in [1.807, 2.05) is 37.9 Å². The Balaban J connectivity index is 1.74. The van der Waals surface area contributed by atoms with E-state index in [4.69, 9.17) is 39.5 Å². The second kappa shape index (κ2) is 9.76. The first-order chi connectivity index (χ1) is 13.9. The monoisotopic (exact) mass is 468 g/mol. The normalized spacial score (nSPS) is 11.2. The fraction of sp³-hybridized carbons (Fsp3) is 0.250. The van der Waals surface area contributed by atoms with E-state index in [2.05, 4.69) is 14.3 Å². The summed E-state index contributed by atoms with van der Waals surface area (Å²) >= 11 is 19.7. The van der Waals surface area contributed by atoms with Gasteiger partial charge in [-0.1, -0.05) is 40.9 Å². The van der Waals surface area contributed by atoms with Crippen molar-refractivity contribution in [3.8, 4) is 10.9 Å². The number of benzene rings is 2. The number of aliphatic imine (C=N–C) groups is 1. The van der Waals surface area contributed by atoms with Gasteiger partial charge in [-0.3, -0.25) is 0 Å². The van der Waals surface area contributed by atoms with E-state index < -0.39 is 0 Å². The number of ether oxygens (including phenoxy) is 1. The predicted octanol–water partition coefficient (Wildman–Crippen LogP) is 6.80. The summed E-state index contributed by atoms with van der Waals surface area (Å²) in [6, 6.07) is 8.99. The number of rotatable bonds is 7. The lowest BCUT2D eigenvalue weighted by Crippen LogP contribution is -2.14. The van der Waals surface area contributed by atoms with E-state index in [0.717, 1.165) is 17.7 Å². The summed E-state index contributed by atoms with van der Waals surface area (Å²) in [4.78, 5) is 10.8. The maximum absolute atomic E-state index is 6.37.